The van der Waals surface area contributed by atoms with Gasteiger partial charge in [0.2, 0.25) is 0 Å². The van der Waals surface area contributed by atoms with Crippen molar-refractivity contribution in [3.63, 3.8) is 0 Å². The normalized spacial score (nSPS) is 35.0. The van der Waals surface area contributed by atoms with E-state index in [1.165, 1.54) is 6.08 Å². The van der Waals surface area contributed by atoms with Gasteiger partial charge < -0.3 is 4.74 Å². The molecule has 3 atom stereocenters. The second-order valence-corrected chi connectivity index (χ2v) is 6.88. The maximum Gasteiger partial charge on any atom is 0.141 e. The van der Waals surface area contributed by atoms with E-state index in [-0.39, 0.29) is 11.6 Å². The molecule has 2 aliphatic carbocycles. The first-order valence-corrected chi connectivity index (χ1v) is 8.28. The maximum atomic E-state index is 14.7. The van der Waals surface area contributed by atoms with Crippen LogP contribution in [0.5, 0.6) is 0 Å². The molecular formula is C19H19FN2O2. The van der Waals surface area contributed by atoms with Crippen LogP contribution < -0.4 is 0 Å². The van der Waals surface area contributed by atoms with Gasteiger partial charge in [-0.25, -0.2) is 4.39 Å². The molecule has 0 bridgehead atoms. The molecule has 124 valence electrons. The lowest BCUT2D eigenvalue weighted by Gasteiger charge is -2.63. The van der Waals surface area contributed by atoms with Crippen LogP contribution in [0.15, 0.2) is 30.3 Å². The fourth-order valence-electron chi connectivity index (χ4n) is 4.76. The molecule has 2 fully saturated rings. The number of nitriles is 1. The number of halogens is 1. The molecular weight excluding hydrogens is 307 g/mol. The minimum absolute atomic E-state index is 0.00262. The number of nitrogens with zero attached hydrogens (tertiary/aromatic N) is 2. The summed E-state index contributed by atoms with van der Waals surface area (Å²) in [6.45, 7) is 3.95. The van der Waals surface area contributed by atoms with Crippen molar-refractivity contribution < 1.29 is 13.9 Å². The van der Waals surface area contributed by atoms with Gasteiger partial charge in [-0.1, -0.05) is 24.3 Å². The van der Waals surface area contributed by atoms with Crippen LogP contribution in [-0.4, -0.2) is 42.5 Å². The Balaban J connectivity index is 1.85. The Labute approximate surface area is 140 Å². The fraction of sp³-hybridized carbons (Fsp3) is 0.474. The van der Waals surface area contributed by atoms with Gasteiger partial charge in [0, 0.05) is 24.6 Å². The van der Waals surface area contributed by atoms with Gasteiger partial charge in [0.05, 0.1) is 24.7 Å². The van der Waals surface area contributed by atoms with Crippen LogP contribution in [0.2, 0.25) is 0 Å². The highest BCUT2D eigenvalue weighted by atomic mass is 19.1. The number of benzene rings is 1. The summed E-state index contributed by atoms with van der Waals surface area (Å²) < 4.78 is 20.1. The van der Waals surface area contributed by atoms with Crippen LogP contribution >= 0.6 is 0 Å². The Kier molecular flexibility index (Phi) is 3.38. The van der Waals surface area contributed by atoms with Crippen molar-refractivity contribution in [3.05, 3.63) is 41.5 Å². The molecule has 4 nitrogen and oxygen atoms in total. The standard InChI is InChI=1S/C19H19FN2O2/c1-13(23)19-11-18(12-21,22-6-8-24-9-7-22)17(19)10-16(20)14-4-2-3-5-15(14)19/h2-5,10,17H,6-9,11H2,1H3/t17-,18+,19-/m0/s1. The first-order valence-electron chi connectivity index (χ1n) is 8.28. The van der Waals surface area contributed by atoms with Crippen LogP contribution in [0, 0.1) is 17.2 Å². The molecule has 0 unspecified atom stereocenters. The summed E-state index contributed by atoms with van der Waals surface area (Å²) in [5.74, 6) is -0.789. The van der Waals surface area contributed by atoms with Crippen molar-refractivity contribution in [1.29, 1.82) is 5.26 Å². The van der Waals surface area contributed by atoms with Gasteiger partial charge in [-0.15, -0.1) is 0 Å². The number of rotatable bonds is 2. The van der Waals surface area contributed by atoms with Crippen LogP contribution in [0.25, 0.3) is 5.83 Å². The zero-order valence-corrected chi connectivity index (χ0v) is 13.6. The molecule has 4 rings (SSSR count). The lowest BCUT2D eigenvalue weighted by Crippen LogP contribution is -2.74. The molecule has 24 heavy (non-hydrogen) atoms. The van der Waals surface area contributed by atoms with Crippen molar-refractivity contribution in [3.8, 4) is 6.07 Å². The van der Waals surface area contributed by atoms with E-state index >= 15 is 0 Å². The third-order valence-corrected chi connectivity index (χ3v) is 5.97. The van der Waals surface area contributed by atoms with Crippen molar-refractivity contribution >= 4 is 11.6 Å². The van der Waals surface area contributed by atoms with Crippen LogP contribution in [0.4, 0.5) is 4.39 Å². The molecule has 1 saturated heterocycles. The monoisotopic (exact) mass is 326 g/mol. The highest BCUT2D eigenvalue weighted by Crippen LogP contribution is 2.62. The quantitative estimate of drug-likeness (QED) is 0.838. The van der Waals surface area contributed by atoms with Gasteiger partial charge in [0.1, 0.15) is 17.1 Å². The average molecular weight is 326 g/mol. The second kappa shape index (κ2) is 5.23. The van der Waals surface area contributed by atoms with E-state index in [0.29, 0.717) is 38.3 Å². The van der Waals surface area contributed by atoms with E-state index in [1.807, 2.05) is 12.1 Å². The summed E-state index contributed by atoms with van der Waals surface area (Å²) >= 11 is 0. The number of hydrogen-bond acceptors (Lipinski definition) is 4. The number of hydrogen-bond donors (Lipinski definition) is 0. The third-order valence-electron chi connectivity index (χ3n) is 5.97. The Bertz CT molecular complexity index is 778. The van der Waals surface area contributed by atoms with Gasteiger partial charge in [0.25, 0.3) is 0 Å². The molecule has 0 N–H and O–H groups in total. The summed E-state index contributed by atoms with van der Waals surface area (Å²) in [6.07, 6.45) is 1.92. The summed E-state index contributed by atoms with van der Waals surface area (Å²) in [7, 11) is 0. The molecule has 1 aromatic carbocycles. The molecule has 3 aliphatic rings. The van der Waals surface area contributed by atoms with E-state index in [0.717, 1.165) is 5.56 Å². The molecule has 0 aromatic heterocycles. The number of Topliss-reactive ketones (excluding diaryl/α,β-unsaturated/α-hetero) is 1. The first kappa shape index (κ1) is 15.5. The predicted molar refractivity (Wildman–Crippen MR) is 86.7 cm³/mol. The molecule has 5 heteroatoms. The van der Waals surface area contributed by atoms with Gasteiger partial charge in [0.15, 0.2) is 0 Å². The van der Waals surface area contributed by atoms with Gasteiger partial charge in [-0.2, -0.15) is 5.26 Å². The second-order valence-electron chi connectivity index (χ2n) is 6.88. The predicted octanol–water partition coefficient (Wildman–Crippen LogP) is 2.45. The zero-order valence-electron chi connectivity index (χ0n) is 13.6. The van der Waals surface area contributed by atoms with E-state index in [2.05, 4.69) is 11.0 Å². The van der Waals surface area contributed by atoms with Crippen LogP contribution in [0.1, 0.15) is 24.5 Å². The summed E-state index contributed by atoms with van der Waals surface area (Å²) in [6, 6.07) is 9.57. The lowest BCUT2D eigenvalue weighted by molar-refractivity contribution is -0.142. The topological polar surface area (TPSA) is 53.3 Å². The first-order chi connectivity index (χ1) is 11.6. The number of ether oxygens (including phenoxy) is 1. The Morgan fingerprint density at radius 2 is 2.08 bits per heavy atom. The molecule has 0 spiro atoms. The number of morpholine rings is 1. The lowest BCUT2D eigenvalue weighted by atomic mass is 9.43. The number of carbonyl (C=O) groups excluding carboxylic acids is 1. The van der Waals surface area contributed by atoms with E-state index < -0.39 is 16.9 Å². The zero-order chi connectivity index (χ0) is 16.9. The average Bonchev–Trinajstić information content (AvgIpc) is 2.60. The van der Waals surface area contributed by atoms with Crippen LogP contribution in [-0.2, 0) is 14.9 Å². The molecule has 0 amide bonds. The maximum absolute atomic E-state index is 14.7. The highest BCUT2D eigenvalue weighted by Gasteiger charge is 2.70. The number of ketones is 1. The van der Waals surface area contributed by atoms with Gasteiger partial charge in [-0.05, 0) is 25.0 Å². The highest BCUT2D eigenvalue weighted by molar-refractivity contribution is 5.94. The molecule has 0 radical (unpaired) electrons. The molecule has 1 saturated carbocycles. The van der Waals surface area contributed by atoms with Crippen molar-refractivity contribution in [2.75, 3.05) is 26.3 Å². The van der Waals surface area contributed by atoms with Gasteiger partial charge >= 0.3 is 0 Å². The number of fused-ring (bicyclic) bond motifs is 3. The summed E-state index contributed by atoms with van der Waals surface area (Å²) in [5.41, 5.74) is -0.417. The largest absolute Gasteiger partial charge is 0.379 e. The van der Waals surface area contributed by atoms with Gasteiger partial charge in [-0.3, -0.25) is 9.69 Å². The third kappa shape index (κ3) is 1.76. The van der Waals surface area contributed by atoms with Crippen molar-refractivity contribution in [1.82, 2.24) is 4.90 Å². The van der Waals surface area contributed by atoms with Crippen molar-refractivity contribution in [2.45, 2.75) is 24.3 Å². The minimum Gasteiger partial charge on any atom is -0.379 e. The fourth-order valence-corrected chi connectivity index (χ4v) is 4.76. The van der Waals surface area contributed by atoms with E-state index in [4.69, 9.17) is 4.74 Å². The van der Waals surface area contributed by atoms with Crippen LogP contribution in [0.3, 0.4) is 0 Å². The Morgan fingerprint density at radius 3 is 2.75 bits per heavy atom. The molecule has 1 heterocycles. The summed E-state index contributed by atoms with van der Waals surface area (Å²) in [4.78, 5) is 14.7. The van der Waals surface area contributed by atoms with Crippen molar-refractivity contribution in [2.24, 2.45) is 5.92 Å². The van der Waals surface area contributed by atoms with E-state index in [1.54, 1.807) is 19.1 Å². The summed E-state index contributed by atoms with van der Waals surface area (Å²) in [5, 5.41) is 9.96. The Hall–Kier alpha value is -2.03. The SMILES string of the molecule is CC(=O)[C@]12C[C@](C#N)(N3CCOCC3)[C@@H]1C=C(F)c1ccccc12. The molecule has 1 aliphatic heterocycles. The Morgan fingerprint density at radius 1 is 1.38 bits per heavy atom. The number of carbonyl (C=O) groups is 1. The minimum atomic E-state index is -0.833. The smallest absolute Gasteiger partial charge is 0.141 e. The molecule has 1 aromatic rings. The van der Waals surface area contributed by atoms with E-state index in [9.17, 15) is 14.4 Å².